The number of halogens is 2. The van der Waals surface area contributed by atoms with Crippen LogP contribution < -0.4 is 5.73 Å². The normalized spacial score (nSPS) is 10.9. The highest BCUT2D eigenvalue weighted by Crippen LogP contribution is 2.28. The van der Waals surface area contributed by atoms with Gasteiger partial charge in [-0.3, -0.25) is 4.68 Å². The van der Waals surface area contributed by atoms with Crippen LogP contribution in [0.1, 0.15) is 0 Å². The minimum atomic E-state index is 0.473. The van der Waals surface area contributed by atoms with Gasteiger partial charge in [0.25, 0.3) is 0 Å². The molecule has 102 valence electrons. The molecule has 0 aliphatic rings. The molecule has 2 aromatic heterocycles. The van der Waals surface area contributed by atoms with Crippen molar-refractivity contribution in [3.8, 4) is 16.9 Å². The zero-order chi connectivity index (χ0) is 14.3. The second kappa shape index (κ2) is 4.85. The van der Waals surface area contributed by atoms with Crippen molar-refractivity contribution in [1.82, 2.24) is 19.6 Å². The third-order valence-corrected chi connectivity index (χ3v) is 3.63. The summed E-state index contributed by atoms with van der Waals surface area (Å²) in [5.41, 5.74) is 8.92. The van der Waals surface area contributed by atoms with Gasteiger partial charge in [0, 0.05) is 18.8 Å². The first kappa shape index (κ1) is 13.0. The van der Waals surface area contributed by atoms with Crippen molar-refractivity contribution in [3.63, 3.8) is 0 Å². The number of aryl methyl sites for hydroxylation is 1. The number of hydrogen-bond acceptors (Lipinski definition) is 3. The number of rotatable bonds is 2. The molecule has 3 aromatic rings. The first-order valence-corrected chi connectivity index (χ1v) is 6.60. The standard InChI is InChI=1S/C13H11Cl2N5/c1-19-6-8(5-17-19)13-12(16)7-20(18-13)9-2-3-10(14)11(15)4-9/h2-7H,16H2,1H3. The zero-order valence-electron chi connectivity index (χ0n) is 10.6. The fraction of sp³-hybridized carbons (Fsp3) is 0.0769. The fourth-order valence-electron chi connectivity index (χ4n) is 1.91. The van der Waals surface area contributed by atoms with Gasteiger partial charge in [-0.25, -0.2) is 4.68 Å². The number of hydrogen-bond donors (Lipinski definition) is 1. The summed E-state index contributed by atoms with van der Waals surface area (Å²) < 4.78 is 3.37. The van der Waals surface area contributed by atoms with Gasteiger partial charge < -0.3 is 5.73 Å². The highest BCUT2D eigenvalue weighted by atomic mass is 35.5. The van der Waals surface area contributed by atoms with Crippen LogP contribution in [0.5, 0.6) is 0 Å². The van der Waals surface area contributed by atoms with Gasteiger partial charge >= 0.3 is 0 Å². The first-order valence-electron chi connectivity index (χ1n) is 5.84. The molecule has 0 saturated heterocycles. The van der Waals surface area contributed by atoms with Crippen LogP contribution in [0.15, 0.2) is 36.8 Å². The van der Waals surface area contributed by atoms with Gasteiger partial charge in [0.05, 0.1) is 33.8 Å². The Hall–Kier alpha value is -1.98. The molecule has 0 fully saturated rings. The van der Waals surface area contributed by atoms with Crippen LogP contribution in [0.25, 0.3) is 16.9 Å². The molecule has 0 atom stereocenters. The van der Waals surface area contributed by atoms with E-state index in [0.717, 1.165) is 11.3 Å². The molecular weight excluding hydrogens is 297 g/mol. The van der Waals surface area contributed by atoms with Crippen LogP contribution in [0.3, 0.4) is 0 Å². The average Bonchev–Trinajstić information content (AvgIpc) is 2.99. The van der Waals surface area contributed by atoms with E-state index in [4.69, 9.17) is 28.9 Å². The van der Waals surface area contributed by atoms with Crippen LogP contribution in [0, 0.1) is 0 Å². The van der Waals surface area contributed by atoms with Crippen LogP contribution in [-0.4, -0.2) is 19.6 Å². The average molecular weight is 308 g/mol. The van der Waals surface area contributed by atoms with Gasteiger partial charge in [0.1, 0.15) is 5.69 Å². The minimum absolute atomic E-state index is 0.473. The topological polar surface area (TPSA) is 61.7 Å². The molecule has 3 rings (SSSR count). The largest absolute Gasteiger partial charge is 0.396 e. The quantitative estimate of drug-likeness (QED) is 0.791. The van der Waals surface area contributed by atoms with Crippen LogP contribution in [0.2, 0.25) is 10.0 Å². The lowest BCUT2D eigenvalue weighted by Gasteiger charge is -2.02. The molecule has 0 aliphatic heterocycles. The number of nitrogen functional groups attached to an aromatic ring is 1. The first-order chi connectivity index (χ1) is 9.54. The summed E-state index contributed by atoms with van der Waals surface area (Å²) in [5.74, 6) is 0. The summed E-state index contributed by atoms with van der Waals surface area (Å²) in [6.45, 7) is 0. The number of aromatic nitrogens is 4. The molecular formula is C13H11Cl2N5. The van der Waals surface area contributed by atoms with E-state index in [1.807, 2.05) is 19.3 Å². The van der Waals surface area contributed by atoms with E-state index in [1.165, 1.54) is 0 Å². The van der Waals surface area contributed by atoms with Crippen molar-refractivity contribution in [2.75, 3.05) is 5.73 Å². The van der Waals surface area contributed by atoms with Crippen molar-refractivity contribution in [2.24, 2.45) is 7.05 Å². The summed E-state index contributed by atoms with van der Waals surface area (Å²) in [6, 6.07) is 5.29. The lowest BCUT2D eigenvalue weighted by molar-refractivity contribution is 0.768. The Morgan fingerprint density at radius 2 is 1.95 bits per heavy atom. The molecule has 0 saturated carbocycles. The van der Waals surface area contributed by atoms with E-state index in [9.17, 15) is 0 Å². The second-order valence-corrected chi connectivity index (χ2v) is 5.19. The van der Waals surface area contributed by atoms with Crippen molar-refractivity contribution in [1.29, 1.82) is 0 Å². The number of anilines is 1. The Kier molecular flexibility index (Phi) is 3.16. The van der Waals surface area contributed by atoms with E-state index in [-0.39, 0.29) is 0 Å². The van der Waals surface area contributed by atoms with E-state index in [2.05, 4.69) is 10.2 Å². The molecule has 0 unspecified atom stereocenters. The van der Waals surface area contributed by atoms with Crippen molar-refractivity contribution < 1.29 is 0 Å². The van der Waals surface area contributed by atoms with Crippen molar-refractivity contribution in [3.05, 3.63) is 46.8 Å². The van der Waals surface area contributed by atoms with Crippen molar-refractivity contribution in [2.45, 2.75) is 0 Å². The fourth-order valence-corrected chi connectivity index (χ4v) is 2.21. The summed E-state index contributed by atoms with van der Waals surface area (Å²) >= 11 is 11.9. The summed E-state index contributed by atoms with van der Waals surface area (Å²) in [4.78, 5) is 0. The molecule has 20 heavy (non-hydrogen) atoms. The number of nitrogens with zero attached hydrogens (tertiary/aromatic N) is 4. The monoisotopic (exact) mass is 307 g/mol. The minimum Gasteiger partial charge on any atom is -0.396 e. The predicted octanol–water partition coefficient (Wildman–Crippen LogP) is 3.16. The molecule has 2 N–H and O–H groups in total. The maximum Gasteiger partial charge on any atom is 0.119 e. The number of benzene rings is 1. The summed E-state index contributed by atoms with van der Waals surface area (Å²) in [5, 5.41) is 9.56. The molecule has 0 bridgehead atoms. The summed E-state index contributed by atoms with van der Waals surface area (Å²) in [7, 11) is 1.84. The van der Waals surface area contributed by atoms with Crippen LogP contribution in [0.4, 0.5) is 5.69 Å². The Morgan fingerprint density at radius 3 is 2.60 bits per heavy atom. The second-order valence-electron chi connectivity index (χ2n) is 4.38. The smallest absolute Gasteiger partial charge is 0.119 e. The van der Waals surface area contributed by atoms with E-state index in [1.54, 1.807) is 33.9 Å². The third-order valence-electron chi connectivity index (χ3n) is 2.89. The molecule has 2 heterocycles. The lowest BCUT2D eigenvalue weighted by Crippen LogP contribution is -1.94. The van der Waals surface area contributed by atoms with Crippen LogP contribution in [-0.2, 0) is 7.05 Å². The van der Waals surface area contributed by atoms with Gasteiger partial charge in [-0.15, -0.1) is 0 Å². The number of nitrogens with two attached hydrogens (primary N) is 1. The Balaban J connectivity index is 2.06. The van der Waals surface area contributed by atoms with E-state index < -0.39 is 0 Å². The van der Waals surface area contributed by atoms with Gasteiger partial charge in [-0.1, -0.05) is 23.2 Å². The molecule has 7 heteroatoms. The lowest BCUT2D eigenvalue weighted by atomic mass is 10.2. The molecule has 0 amide bonds. The molecule has 0 aliphatic carbocycles. The summed E-state index contributed by atoms with van der Waals surface area (Å²) in [6.07, 6.45) is 5.32. The van der Waals surface area contributed by atoms with E-state index >= 15 is 0 Å². The Morgan fingerprint density at radius 1 is 1.15 bits per heavy atom. The SMILES string of the molecule is Cn1cc(-c2nn(-c3ccc(Cl)c(Cl)c3)cc2N)cn1. The zero-order valence-corrected chi connectivity index (χ0v) is 12.1. The van der Waals surface area contributed by atoms with Crippen LogP contribution >= 0.6 is 23.2 Å². The predicted molar refractivity (Wildman–Crippen MR) is 80.2 cm³/mol. The van der Waals surface area contributed by atoms with Gasteiger partial charge in [-0.2, -0.15) is 10.2 Å². The highest BCUT2D eigenvalue weighted by molar-refractivity contribution is 6.42. The molecule has 5 nitrogen and oxygen atoms in total. The van der Waals surface area contributed by atoms with Gasteiger partial charge in [0.15, 0.2) is 0 Å². The Labute approximate surface area is 125 Å². The third kappa shape index (κ3) is 2.26. The molecule has 0 radical (unpaired) electrons. The van der Waals surface area contributed by atoms with Gasteiger partial charge in [-0.05, 0) is 18.2 Å². The highest BCUT2D eigenvalue weighted by Gasteiger charge is 2.12. The maximum atomic E-state index is 6.01. The maximum absolute atomic E-state index is 6.01. The van der Waals surface area contributed by atoms with E-state index in [0.29, 0.717) is 21.4 Å². The molecule has 1 aromatic carbocycles. The van der Waals surface area contributed by atoms with Crippen molar-refractivity contribution >= 4 is 28.9 Å². The van der Waals surface area contributed by atoms with Gasteiger partial charge in [0.2, 0.25) is 0 Å². The Bertz CT molecular complexity index is 775. The molecule has 0 spiro atoms.